The zero-order chi connectivity index (χ0) is 39.0. The van der Waals surface area contributed by atoms with Gasteiger partial charge in [-0.1, -0.05) is 49.6 Å². The highest BCUT2D eigenvalue weighted by Crippen LogP contribution is 2.61. The van der Waals surface area contributed by atoms with E-state index in [0.717, 1.165) is 16.9 Å². The van der Waals surface area contributed by atoms with Crippen molar-refractivity contribution in [1.82, 2.24) is 19.5 Å². The van der Waals surface area contributed by atoms with E-state index in [1.54, 1.807) is 31.5 Å². The lowest BCUT2D eigenvalue weighted by Gasteiger charge is -2.36. The number of nitrogens with one attached hydrogen (secondary N) is 1. The zero-order valence-electron chi connectivity index (χ0n) is 30.6. The molecule has 284 valence electrons. The van der Waals surface area contributed by atoms with Gasteiger partial charge in [-0.3, -0.25) is 4.57 Å². The maximum absolute atomic E-state index is 11.7. The minimum atomic E-state index is -5.10. The summed E-state index contributed by atoms with van der Waals surface area (Å²) in [5.41, 5.74) is 3.35. The molecule has 0 amide bonds. The Morgan fingerprint density at radius 1 is 0.962 bits per heavy atom. The molecular weight excluding hydrogens is 736 g/mol. The second-order valence-corrected chi connectivity index (χ2v) is 21.6. The topological polar surface area (TPSA) is 209 Å². The number of aliphatic hydroxyl groups excluding tert-OH is 1. The first-order valence-corrected chi connectivity index (χ1v) is 22.4. The number of anilines is 2. The predicted octanol–water partition coefficient (Wildman–Crippen LogP) is 6.83. The van der Waals surface area contributed by atoms with Gasteiger partial charge in [0.15, 0.2) is 17.0 Å². The number of phenolic OH excluding ortho intramolecular Hbond substituents is 1. The summed E-state index contributed by atoms with van der Waals surface area (Å²) >= 11 is 0. The molecule has 14 nitrogen and oxygen atoms in total. The third-order valence-corrected chi connectivity index (χ3v) is 16.0. The van der Waals surface area contributed by atoms with Crippen molar-refractivity contribution in [3.05, 3.63) is 95.8 Å². The van der Waals surface area contributed by atoms with Crippen LogP contribution < -0.4 is 14.5 Å². The van der Waals surface area contributed by atoms with Crippen molar-refractivity contribution in [3.8, 4) is 17.5 Å². The van der Waals surface area contributed by atoms with Crippen molar-refractivity contribution in [3.63, 3.8) is 0 Å². The van der Waals surface area contributed by atoms with Gasteiger partial charge >= 0.3 is 27.1 Å². The van der Waals surface area contributed by atoms with Crippen molar-refractivity contribution >= 4 is 47.0 Å². The van der Waals surface area contributed by atoms with Crippen LogP contribution in [-0.2, 0) is 33.6 Å². The first kappa shape index (κ1) is 41.6. The Bertz CT molecular complexity index is 2050. The summed E-state index contributed by atoms with van der Waals surface area (Å²) in [6.07, 6.45) is 2.94. The fourth-order valence-corrected chi connectivity index (χ4v) is 7.15. The molecular formula is C36H48N5O9P2Si+. The highest BCUT2D eigenvalue weighted by atomic mass is 31.2. The number of aryl methyl sites for hydroxylation is 2. The molecule has 2 heterocycles. The monoisotopic (exact) mass is 784 g/mol. The van der Waals surface area contributed by atoms with Gasteiger partial charge in [0, 0.05) is 24.4 Å². The third-order valence-electron chi connectivity index (χ3n) is 8.86. The largest absolute Gasteiger partial charge is 0.543 e. The molecule has 0 aliphatic heterocycles. The quantitative estimate of drug-likeness (QED) is 0.0505. The first-order valence-electron chi connectivity index (χ1n) is 17.0. The average molecular weight is 785 g/mol. The van der Waals surface area contributed by atoms with Crippen LogP contribution in [0, 0.1) is 0 Å². The number of aromatic hydroxyl groups is 1. The molecule has 2 aromatic heterocycles. The standard InChI is InChI=1S/C22H23N5O7P2.C14H24O2Si/c1-2-34-21-25-19(24-16-8-6-15(7-9-16)22(29,35-30)36(31,32)33)18-20(26-21)27(13-23-18)11-10-14-4-3-5-17(28)12-14;1-14(2,3)17(4,5)16-13-8-6-7-12(11-13)9-10-15/h3-9,12-13,28-29H,2,10-11H2,1H3,(H,24,25,26)(H2,31,32,33);6-8,11,15H,9-10H2,1-5H3/p+1. The van der Waals surface area contributed by atoms with Crippen LogP contribution >= 0.6 is 16.1 Å². The van der Waals surface area contributed by atoms with Gasteiger partial charge in [-0.25, -0.2) is 4.98 Å². The molecule has 0 radical (unpaired) electrons. The van der Waals surface area contributed by atoms with Crippen LogP contribution in [0.1, 0.15) is 44.4 Å². The molecule has 5 aromatic rings. The molecule has 17 heteroatoms. The SMILES string of the molecule is CC(C)(C)[Si](C)(C)Oc1cccc(CCO)c1.CCOc1nc(Nc2ccc(C(O)([PH+]=O)P(=O)(O)O)cc2)c2ncn(CCc3cccc(O)c3)c2n1. The summed E-state index contributed by atoms with van der Waals surface area (Å²) in [5.74, 6) is 1.46. The van der Waals surface area contributed by atoms with Crippen LogP contribution in [0.4, 0.5) is 11.5 Å². The number of ether oxygens (including phenoxy) is 1. The lowest BCUT2D eigenvalue weighted by Crippen LogP contribution is -2.43. The predicted molar refractivity (Wildman–Crippen MR) is 208 cm³/mol. The van der Waals surface area contributed by atoms with Crippen LogP contribution in [0.25, 0.3) is 11.2 Å². The van der Waals surface area contributed by atoms with E-state index in [2.05, 4.69) is 54.1 Å². The maximum Gasteiger partial charge on any atom is 0.412 e. The third kappa shape index (κ3) is 10.5. The molecule has 5 rings (SSSR count). The van der Waals surface area contributed by atoms with Crippen molar-refractivity contribution in [2.45, 2.75) is 70.3 Å². The maximum atomic E-state index is 11.7. The normalized spacial score (nSPS) is 13.2. The van der Waals surface area contributed by atoms with Crippen molar-refractivity contribution < 1.29 is 43.4 Å². The molecule has 53 heavy (non-hydrogen) atoms. The van der Waals surface area contributed by atoms with Gasteiger partial charge in [-0.15, -0.1) is 0 Å². The molecule has 0 saturated heterocycles. The molecule has 6 N–H and O–H groups in total. The minimum Gasteiger partial charge on any atom is -0.543 e. The van der Waals surface area contributed by atoms with Crippen LogP contribution in [0.15, 0.2) is 79.1 Å². The number of aliphatic hydroxyl groups is 2. The van der Waals surface area contributed by atoms with Crippen LogP contribution in [-0.4, -0.2) is 66.2 Å². The van der Waals surface area contributed by atoms with E-state index >= 15 is 0 Å². The molecule has 0 fully saturated rings. The lowest BCUT2D eigenvalue weighted by molar-refractivity contribution is 0.168. The van der Waals surface area contributed by atoms with Crippen molar-refractivity contribution in [2.24, 2.45) is 0 Å². The minimum absolute atomic E-state index is 0.131. The summed E-state index contributed by atoms with van der Waals surface area (Å²) in [5, 5.41) is 29.4. The van der Waals surface area contributed by atoms with Crippen LogP contribution in [0.5, 0.6) is 17.5 Å². The number of imidazole rings is 1. The van der Waals surface area contributed by atoms with Gasteiger partial charge < -0.3 is 44.2 Å². The Labute approximate surface area is 311 Å². The fraction of sp³-hybridized carbons (Fsp3) is 0.361. The summed E-state index contributed by atoms with van der Waals surface area (Å²) < 4.78 is 36.6. The summed E-state index contributed by atoms with van der Waals surface area (Å²) in [6, 6.07) is 20.6. The first-order chi connectivity index (χ1) is 24.9. The Balaban J connectivity index is 0.000000310. The molecule has 3 aromatic carbocycles. The second-order valence-electron chi connectivity index (χ2n) is 13.8. The molecule has 0 saturated carbocycles. The van der Waals surface area contributed by atoms with Gasteiger partial charge in [-0.2, -0.15) is 9.97 Å². The number of hydrogen-bond donors (Lipinski definition) is 6. The van der Waals surface area contributed by atoms with E-state index in [9.17, 15) is 29.1 Å². The molecule has 2 unspecified atom stereocenters. The van der Waals surface area contributed by atoms with E-state index in [1.165, 1.54) is 24.3 Å². The molecule has 0 aliphatic carbocycles. The molecule has 0 aliphatic rings. The molecule has 0 spiro atoms. The Hall–Kier alpha value is -4.20. The fourth-order valence-electron chi connectivity index (χ4n) is 4.88. The van der Waals surface area contributed by atoms with Crippen molar-refractivity contribution in [1.29, 1.82) is 0 Å². The number of fused-ring (bicyclic) bond motifs is 1. The summed E-state index contributed by atoms with van der Waals surface area (Å²) in [4.78, 5) is 32.1. The van der Waals surface area contributed by atoms with Crippen LogP contribution in [0.2, 0.25) is 18.1 Å². The van der Waals surface area contributed by atoms with Gasteiger partial charge in [0.05, 0.1) is 12.9 Å². The van der Waals surface area contributed by atoms with E-state index in [1.807, 2.05) is 34.9 Å². The van der Waals surface area contributed by atoms with Crippen molar-refractivity contribution in [2.75, 3.05) is 18.5 Å². The zero-order valence-corrected chi connectivity index (χ0v) is 33.5. The average Bonchev–Trinajstić information content (AvgIpc) is 3.50. The number of benzene rings is 3. The van der Waals surface area contributed by atoms with Gasteiger partial charge in [0.1, 0.15) is 11.5 Å². The Kier molecular flexibility index (Phi) is 13.6. The highest BCUT2D eigenvalue weighted by molar-refractivity contribution is 7.62. The lowest BCUT2D eigenvalue weighted by atomic mass is 10.1. The number of aromatic nitrogens is 4. The van der Waals surface area contributed by atoms with Crippen LogP contribution in [0.3, 0.4) is 0 Å². The van der Waals surface area contributed by atoms with E-state index in [-0.39, 0.29) is 29.0 Å². The highest BCUT2D eigenvalue weighted by Gasteiger charge is 2.56. The Morgan fingerprint density at radius 2 is 1.62 bits per heavy atom. The van der Waals surface area contributed by atoms with Gasteiger partial charge in [0.2, 0.25) is 8.32 Å². The number of hydrogen-bond acceptors (Lipinski definition) is 11. The Morgan fingerprint density at radius 3 is 2.21 bits per heavy atom. The number of rotatable bonds is 14. The van der Waals surface area contributed by atoms with E-state index in [0.29, 0.717) is 48.7 Å². The summed E-state index contributed by atoms with van der Waals surface area (Å²) in [6.45, 7) is 14.0. The van der Waals surface area contributed by atoms with Gasteiger partial charge in [-0.05, 0) is 97.6 Å². The smallest absolute Gasteiger partial charge is 0.412 e. The van der Waals surface area contributed by atoms with Gasteiger partial charge in [0.25, 0.3) is 0 Å². The summed E-state index contributed by atoms with van der Waals surface area (Å²) in [7, 11) is -8.51. The molecule has 0 bridgehead atoms. The van der Waals surface area contributed by atoms with E-state index < -0.39 is 29.5 Å². The number of phenols is 1. The number of nitrogens with zero attached hydrogens (tertiary/aromatic N) is 4. The van der Waals surface area contributed by atoms with E-state index in [4.69, 9.17) is 14.3 Å². The second kappa shape index (κ2) is 17.3. The molecule has 2 atom stereocenters.